The van der Waals surface area contributed by atoms with E-state index in [4.69, 9.17) is 0 Å². The maximum Gasteiger partial charge on any atom is 0.261 e. The summed E-state index contributed by atoms with van der Waals surface area (Å²) < 4.78 is 41.9. The number of benzene rings is 3. The smallest absolute Gasteiger partial charge is 0.261 e. The highest BCUT2D eigenvalue weighted by molar-refractivity contribution is 9.10. The molecular weight excluding hydrogens is 471 g/mol. The van der Waals surface area contributed by atoms with E-state index in [9.17, 15) is 17.6 Å². The summed E-state index contributed by atoms with van der Waals surface area (Å²) >= 11 is 3.41. The van der Waals surface area contributed by atoms with E-state index < -0.39 is 15.8 Å². The summed E-state index contributed by atoms with van der Waals surface area (Å²) in [7, 11) is -3.97. The van der Waals surface area contributed by atoms with Gasteiger partial charge in [0, 0.05) is 10.0 Å². The Bertz CT molecular complexity index is 1190. The van der Waals surface area contributed by atoms with Gasteiger partial charge < -0.3 is 5.32 Å². The van der Waals surface area contributed by atoms with E-state index in [1.54, 1.807) is 0 Å². The molecule has 2 N–H and O–H groups in total. The van der Waals surface area contributed by atoms with Gasteiger partial charge in [0.1, 0.15) is 5.82 Å². The van der Waals surface area contributed by atoms with Crippen molar-refractivity contribution in [2.75, 3.05) is 4.72 Å². The highest BCUT2D eigenvalue weighted by atomic mass is 79.9. The SMILES string of the molecule is O=C(NC1(c2ccc(Br)cc2)CC1)c1ccc(S(=O)(=O)Nc2ccccc2F)cc1. The molecule has 0 aliphatic heterocycles. The summed E-state index contributed by atoms with van der Waals surface area (Å²) in [5, 5.41) is 3.06. The van der Waals surface area contributed by atoms with Crippen LogP contribution in [0.5, 0.6) is 0 Å². The molecule has 0 atom stereocenters. The van der Waals surface area contributed by atoms with Crippen LogP contribution < -0.4 is 10.0 Å². The van der Waals surface area contributed by atoms with Gasteiger partial charge >= 0.3 is 0 Å². The van der Waals surface area contributed by atoms with E-state index in [1.807, 2.05) is 24.3 Å². The fourth-order valence-electron chi connectivity index (χ4n) is 3.20. The van der Waals surface area contributed by atoms with E-state index in [0.717, 1.165) is 22.9 Å². The van der Waals surface area contributed by atoms with E-state index in [0.29, 0.717) is 5.56 Å². The summed E-state index contributed by atoms with van der Waals surface area (Å²) in [6.45, 7) is 0. The number of hydrogen-bond donors (Lipinski definition) is 2. The minimum atomic E-state index is -3.97. The zero-order valence-corrected chi connectivity index (χ0v) is 18.1. The number of amides is 1. The Labute approximate surface area is 182 Å². The molecule has 0 unspecified atom stereocenters. The van der Waals surface area contributed by atoms with Crippen molar-refractivity contribution in [3.05, 3.63) is 94.2 Å². The summed E-state index contributed by atoms with van der Waals surface area (Å²) in [5.41, 5.74) is 0.870. The van der Waals surface area contributed by atoms with Crippen molar-refractivity contribution in [1.82, 2.24) is 5.32 Å². The molecule has 154 valence electrons. The Morgan fingerprint density at radius 3 is 2.17 bits per heavy atom. The van der Waals surface area contributed by atoms with Gasteiger partial charge in [-0.15, -0.1) is 0 Å². The number of carbonyl (C=O) groups excluding carboxylic acids is 1. The largest absolute Gasteiger partial charge is 0.343 e. The lowest BCUT2D eigenvalue weighted by molar-refractivity contribution is 0.0930. The third-order valence-corrected chi connectivity index (χ3v) is 6.95. The number of rotatable bonds is 6. The molecule has 1 aliphatic rings. The Balaban J connectivity index is 1.48. The van der Waals surface area contributed by atoms with Crippen LogP contribution in [0.1, 0.15) is 28.8 Å². The van der Waals surface area contributed by atoms with Gasteiger partial charge in [-0.05, 0) is 66.9 Å². The molecule has 0 heterocycles. The maximum atomic E-state index is 13.7. The zero-order valence-electron chi connectivity index (χ0n) is 15.7. The Kier molecular flexibility index (Phi) is 5.38. The molecule has 0 bridgehead atoms. The van der Waals surface area contributed by atoms with Crippen molar-refractivity contribution in [2.45, 2.75) is 23.3 Å². The van der Waals surface area contributed by atoms with Gasteiger partial charge in [0.05, 0.1) is 16.1 Å². The second kappa shape index (κ2) is 7.85. The molecular formula is C22H18BrFN2O3S. The highest BCUT2D eigenvalue weighted by Gasteiger charge is 2.45. The van der Waals surface area contributed by atoms with Crippen molar-refractivity contribution >= 4 is 37.5 Å². The molecule has 0 spiro atoms. The average molecular weight is 489 g/mol. The molecule has 1 saturated carbocycles. The number of nitrogens with one attached hydrogen (secondary N) is 2. The Morgan fingerprint density at radius 1 is 0.933 bits per heavy atom. The molecule has 8 heteroatoms. The van der Waals surface area contributed by atoms with Crippen molar-refractivity contribution in [3.8, 4) is 0 Å². The number of hydrogen-bond acceptors (Lipinski definition) is 3. The van der Waals surface area contributed by atoms with Gasteiger partial charge in [-0.2, -0.15) is 0 Å². The van der Waals surface area contributed by atoms with E-state index in [1.165, 1.54) is 48.5 Å². The van der Waals surface area contributed by atoms with Crippen LogP contribution in [0.3, 0.4) is 0 Å². The molecule has 30 heavy (non-hydrogen) atoms. The van der Waals surface area contributed by atoms with Crippen LogP contribution in [0.25, 0.3) is 0 Å². The first kappa shape index (κ1) is 20.6. The van der Waals surface area contributed by atoms with Crippen LogP contribution in [0.4, 0.5) is 10.1 Å². The summed E-state index contributed by atoms with van der Waals surface area (Å²) in [6, 6.07) is 18.9. The molecule has 1 amide bonds. The van der Waals surface area contributed by atoms with Crippen LogP contribution in [0.2, 0.25) is 0 Å². The Hall–Kier alpha value is -2.71. The van der Waals surface area contributed by atoms with Crippen LogP contribution in [-0.2, 0) is 15.6 Å². The molecule has 4 rings (SSSR count). The van der Waals surface area contributed by atoms with Crippen molar-refractivity contribution in [3.63, 3.8) is 0 Å². The lowest BCUT2D eigenvalue weighted by atomic mass is 10.0. The van der Waals surface area contributed by atoms with Crippen molar-refractivity contribution in [1.29, 1.82) is 0 Å². The van der Waals surface area contributed by atoms with Crippen molar-refractivity contribution < 1.29 is 17.6 Å². The first-order valence-electron chi connectivity index (χ1n) is 9.25. The molecule has 0 aromatic heterocycles. The summed E-state index contributed by atoms with van der Waals surface area (Å²) in [4.78, 5) is 12.6. The monoisotopic (exact) mass is 488 g/mol. The standard InChI is InChI=1S/C22H18BrFN2O3S/c23-17-9-7-16(8-10-17)22(13-14-22)25-21(27)15-5-11-18(12-6-15)30(28,29)26-20-4-2-1-3-19(20)24/h1-12,26H,13-14H2,(H,25,27). The van der Waals surface area contributed by atoms with Gasteiger partial charge in [0.15, 0.2) is 0 Å². The number of halogens is 2. The van der Waals surface area contributed by atoms with Crippen LogP contribution >= 0.6 is 15.9 Å². The summed E-state index contributed by atoms with van der Waals surface area (Å²) in [6.07, 6.45) is 1.69. The number of para-hydroxylation sites is 1. The van der Waals surface area contributed by atoms with E-state index >= 15 is 0 Å². The lowest BCUT2D eigenvalue weighted by Gasteiger charge is -2.18. The Morgan fingerprint density at radius 2 is 1.57 bits per heavy atom. The van der Waals surface area contributed by atoms with Gasteiger partial charge in [-0.1, -0.05) is 40.2 Å². The second-order valence-electron chi connectivity index (χ2n) is 7.15. The minimum Gasteiger partial charge on any atom is -0.343 e. The summed E-state index contributed by atoms with van der Waals surface area (Å²) in [5.74, 6) is -0.943. The maximum absolute atomic E-state index is 13.7. The van der Waals surface area contributed by atoms with Gasteiger partial charge in [-0.25, -0.2) is 12.8 Å². The number of anilines is 1. The molecule has 0 radical (unpaired) electrons. The molecule has 3 aromatic carbocycles. The van der Waals surface area contributed by atoms with E-state index in [-0.39, 0.29) is 22.0 Å². The normalized spacial score (nSPS) is 14.7. The third kappa shape index (κ3) is 4.24. The predicted molar refractivity (Wildman–Crippen MR) is 116 cm³/mol. The van der Waals surface area contributed by atoms with Crippen LogP contribution in [0.15, 0.2) is 82.2 Å². The first-order valence-corrected chi connectivity index (χ1v) is 11.5. The van der Waals surface area contributed by atoms with Crippen molar-refractivity contribution in [2.24, 2.45) is 0 Å². The number of sulfonamides is 1. The minimum absolute atomic E-state index is 0.0589. The highest BCUT2D eigenvalue weighted by Crippen LogP contribution is 2.45. The molecule has 1 aliphatic carbocycles. The van der Waals surface area contributed by atoms with Gasteiger partial charge in [0.25, 0.3) is 15.9 Å². The molecule has 5 nitrogen and oxygen atoms in total. The average Bonchev–Trinajstić information content (AvgIpc) is 3.51. The lowest BCUT2D eigenvalue weighted by Crippen LogP contribution is -2.34. The molecule has 1 fully saturated rings. The van der Waals surface area contributed by atoms with Crippen LogP contribution in [0, 0.1) is 5.82 Å². The van der Waals surface area contributed by atoms with Crippen LogP contribution in [-0.4, -0.2) is 14.3 Å². The second-order valence-corrected chi connectivity index (χ2v) is 9.75. The predicted octanol–water partition coefficient (Wildman–Crippen LogP) is 4.81. The first-order chi connectivity index (χ1) is 14.3. The fourth-order valence-corrected chi connectivity index (χ4v) is 4.53. The van der Waals surface area contributed by atoms with E-state index in [2.05, 4.69) is 26.0 Å². The third-order valence-electron chi connectivity index (χ3n) is 5.04. The molecule has 3 aromatic rings. The fraction of sp³-hybridized carbons (Fsp3) is 0.136. The topological polar surface area (TPSA) is 75.3 Å². The molecule has 0 saturated heterocycles. The van der Waals surface area contributed by atoms with Gasteiger partial charge in [-0.3, -0.25) is 9.52 Å². The zero-order chi connectivity index (χ0) is 21.4. The quantitative estimate of drug-likeness (QED) is 0.522. The van der Waals surface area contributed by atoms with Gasteiger partial charge in [0.2, 0.25) is 0 Å². The number of carbonyl (C=O) groups is 1.